The molecule has 0 aliphatic heterocycles. The third-order valence-corrected chi connectivity index (χ3v) is 2.93. The molecule has 0 aromatic rings. The van der Waals surface area contributed by atoms with E-state index in [1.165, 1.54) is 25.7 Å². The van der Waals surface area contributed by atoms with Gasteiger partial charge in [0.15, 0.2) is 0 Å². The highest BCUT2D eigenvalue weighted by Gasteiger charge is 2.20. The van der Waals surface area contributed by atoms with Crippen molar-refractivity contribution in [3.63, 3.8) is 0 Å². The Morgan fingerprint density at radius 2 is 1.69 bits per heavy atom. The Balaban J connectivity index is 2.21. The van der Waals surface area contributed by atoms with E-state index in [4.69, 9.17) is 10.2 Å². The van der Waals surface area contributed by atoms with E-state index < -0.39 is 0 Å². The first-order valence-corrected chi connectivity index (χ1v) is 5.24. The normalized spacial score (nSPS) is 29.5. The molecule has 0 amide bonds. The van der Waals surface area contributed by atoms with E-state index in [0.29, 0.717) is 6.04 Å². The molecule has 1 aliphatic rings. The maximum absolute atomic E-state index is 8.89. The molecule has 1 rings (SSSR count). The van der Waals surface area contributed by atoms with Crippen molar-refractivity contribution in [1.82, 2.24) is 5.32 Å². The third kappa shape index (κ3) is 3.63. The molecule has 78 valence electrons. The molecule has 0 aromatic carbocycles. The van der Waals surface area contributed by atoms with Gasteiger partial charge in [-0.25, -0.2) is 0 Å². The number of hydrogen-bond donors (Lipinski definition) is 3. The van der Waals surface area contributed by atoms with Gasteiger partial charge < -0.3 is 15.5 Å². The van der Waals surface area contributed by atoms with Gasteiger partial charge in [-0.2, -0.15) is 0 Å². The number of aliphatic hydroxyl groups is 2. The molecule has 3 heteroatoms. The van der Waals surface area contributed by atoms with Crippen LogP contribution in [0, 0.1) is 5.92 Å². The molecular weight excluding hydrogens is 166 g/mol. The smallest absolute Gasteiger partial charge is 0.0607 e. The Morgan fingerprint density at radius 1 is 1.15 bits per heavy atom. The van der Waals surface area contributed by atoms with Crippen molar-refractivity contribution in [3.8, 4) is 0 Å². The Bertz CT molecular complexity index is 129. The maximum Gasteiger partial charge on any atom is 0.0607 e. The van der Waals surface area contributed by atoms with E-state index in [1.807, 2.05) is 0 Å². The summed E-state index contributed by atoms with van der Waals surface area (Å²) in [5.41, 5.74) is 0. The number of nitrogens with one attached hydrogen (secondary N) is 1. The Morgan fingerprint density at radius 3 is 2.15 bits per heavy atom. The highest BCUT2D eigenvalue weighted by molar-refractivity contribution is 4.78. The summed E-state index contributed by atoms with van der Waals surface area (Å²) in [4.78, 5) is 0. The Hall–Kier alpha value is -0.120. The summed E-state index contributed by atoms with van der Waals surface area (Å²) in [6, 6.07) is 0.374. The van der Waals surface area contributed by atoms with Crippen LogP contribution >= 0.6 is 0 Å². The van der Waals surface area contributed by atoms with E-state index in [9.17, 15) is 0 Å². The van der Waals surface area contributed by atoms with Crippen LogP contribution in [-0.2, 0) is 0 Å². The van der Waals surface area contributed by atoms with E-state index in [2.05, 4.69) is 12.2 Å². The first-order valence-electron chi connectivity index (χ1n) is 5.24. The minimum absolute atomic E-state index is 0.0303. The van der Waals surface area contributed by atoms with Crippen LogP contribution in [0.15, 0.2) is 0 Å². The van der Waals surface area contributed by atoms with Crippen molar-refractivity contribution < 1.29 is 10.2 Å². The quantitative estimate of drug-likeness (QED) is 0.601. The van der Waals surface area contributed by atoms with Crippen molar-refractivity contribution in [2.45, 2.75) is 44.7 Å². The summed E-state index contributed by atoms with van der Waals surface area (Å²) in [7, 11) is 0. The molecule has 1 fully saturated rings. The summed E-state index contributed by atoms with van der Waals surface area (Å²) in [5.74, 6) is 0.847. The average molecular weight is 187 g/mol. The van der Waals surface area contributed by atoms with Crippen LogP contribution < -0.4 is 5.32 Å². The zero-order valence-corrected chi connectivity index (χ0v) is 8.37. The van der Waals surface area contributed by atoms with Gasteiger partial charge in [0.2, 0.25) is 0 Å². The van der Waals surface area contributed by atoms with E-state index in [1.54, 1.807) is 0 Å². The lowest BCUT2D eigenvalue weighted by molar-refractivity contribution is 0.151. The zero-order chi connectivity index (χ0) is 9.68. The number of rotatable bonds is 4. The van der Waals surface area contributed by atoms with Crippen molar-refractivity contribution in [2.24, 2.45) is 5.92 Å². The average Bonchev–Trinajstić information content (AvgIpc) is 2.17. The molecule has 1 aliphatic carbocycles. The van der Waals surface area contributed by atoms with Gasteiger partial charge in [0.05, 0.1) is 19.3 Å². The van der Waals surface area contributed by atoms with Crippen LogP contribution in [0.4, 0.5) is 0 Å². The molecule has 0 radical (unpaired) electrons. The number of hydrogen-bond acceptors (Lipinski definition) is 3. The summed E-state index contributed by atoms with van der Waals surface area (Å²) in [6.07, 6.45) is 4.89. The van der Waals surface area contributed by atoms with Gasteiger partial charge in [0.25, 0.3) is 0 Å². The first-order chi connectivity index (χ1) is 6.26. The standard InChI is InChI=1S/C10H21NO2/c1-8-2-4-9(5-3-8)11-10(6-12)7-13/h8-13H,2-7H2,1H3/t8-,9-. The number of aliphatic hydroxyl groups excluding tert-OH is 2. The topological polar surface area (TPSA) is 52.5 Å². The van der Waals surface area contributed by atoms with Gasteiger partial charge in [-0.15, -0.1) is 0 Å². The van der Waals surface area contributed by atoms with Gasteiger partial charge >= 0.3 is 0 Å². The first kappa shape index (κ1) is 11.0. The van der Waals surface area contributed by atoms with Gasteiger partial charge in [-0.05, 0) is 31.6 Å². The van der Waals surface area contributed by atoms with Crippen LogP contribution in [0.1, 0.15) is 32.6 Å². The second-order valence-corrected chi connectivity index (χ2v) is 4.19. The van der Waals surface area contributed by atoms with E-state index >= 15 is 0 Å². The lowest BCUT2D eigenvalue weighted by atomic mass is 9.87. The van der Waals surface area contributed by atoms with Crippen LogP contribution in [-0.4, -0.2) is 35.5 Å². The minimum atomic E-state index is -0.126. The van der Waals surface area contributed by atoms with Gasteiger partial charge in [0, 0.05) is 6.04 Å². The molecule has 0 heterocycles. The van der Waals surface area contributed by atoms with Crippen LogP contribution in [0.5, 0.6) is 0 Å². The SMILES string of the molecule is C[C@H]1CC[C@H](NC(CO)CO)CC1. The predicted octanol–water partition coefficient (Wildman–Crippen LogP) is 0.508. The predicted molar refractivity (Wildman–Crippen MR) is 52.5 cm³/mol. The summed E-state index contributed by atoms with van der Waals surface area (Å²) >= 11 is 0. The van der Waals surface area contributed by atoms with Crippen LogP contribution in [0.25, 0.3) is 0 Å². The second-order valence-electron chi connectivity index (χ2n) is 4.19. The third-order valence-electron chi connectivity index (χ3n) is 2.93. The molecule has 0 saturated heterocycles. The van der Waals surface area contributed by atoms with Gasteiger partial charge in [-0.3, -0.25) is 0 Å². The van der Waals surface area contributed by atoms with Crippen molar-refractivity contribution >= 4 is 0 Å². The lowest BCUT2D eigenvalue weighted by Gasteiger charge is -2.29. The fourth-order valence-electron chi connectivity index (χ4n) is 1.92. The Labute approximate surface area is 80.2 Å². The fourth-order valence-corrected chi connectivity index (χ4v) is 1.92. The molecule has 0 unspecified atom stereocenters. The summed E-state index contributed by atoms with van der Waals surface area (Å²) in [6.45, 7) is 2.34. The van der Waals surface area contributed by atoms with Crippen molar-refractivity contribution in [3.05, 3.63) is 0 Å². The largest absolute Gasteiger partial charge is 0.395 e. The molecule has 0 atom stereocenters. The molecule has 3 nitrogen and oxygen atoms in total. The van der Waals surface area contributed by atoms with E-state index in [0.717, 1.165) is 5.92 Å². The van der Waals surface area contributed by atoms with Crippen LogP contribution in [0.3, 0.4) is 0 Å². The molecule has 1 saturated carbocycles. The highest BCUT2D eigenvalue weighted by atomic mass is 16.3. The van der Waals surface area contributed by atoms with Crippen molar-refractivity contribution in [1.29, 1.82) is 0 Å². The van der Waals surface area contributed by atoms with Crippen molar-refractivity contribution in [2.75, 3.05) is 13.2 Å². The summed E-state index contributed by atoms with van der Waals surface area (Å²) < 4.78 is 0. The maximum atomic E-state index is 8.89. The molecule has 0 aromatic heterocycles. The molecule has 3 N–H and O–H groups in total. The monoisotopic (exact) mass is 187 g/mol. The van der Waals surface area contributed by atoms with Crippen LogP contribution in [0.2, 0.25) is 0 Å². The lowest BCUT2D eigenvalue weighted by Crippen LogP contribution is -2.44. The molecular formula is C10H21NO2. The molecule has 13 heavy (non-hydrogen) atoms. The Kier molecular flexibility index (Phi) is 4.70. The van der Waals surface area contributed by atoms with Gasteiger partial charge in [0.1, 0.15) is 0 Å². The second kappa shape index (κ2) is 5.58. The summed E-state index contributed by atoms with van der Waals surface area (Å²) in [5, 5.41) is 21.0. The van der Waals surface area contributed by atoms with E-state index in [-0.39, 0.29) is 19.3 Å². The fraction of sp³-hybridized carbons (Fsp3) is 1.00. The van der Waals surface area contributed by atoms with Gasteiger partial charge in [-0.1, -0.05) is 6.92 Å². The molecule has 0 bridgehead atoms. The zero-order valence-electron chi connectivity index (χ0n) is 8.37. The molecule has 0 spiro atoms. The minimum Gasteiger partial charge on any atom is -0.395 e. The highest BCUT2D eigenvalue weighted by Crippen LogP contribution is 2.23.